The first kappa shape index (κ1) is 32.5. The lowest BCUT2D eigenvalue weighted by Gasteiger charge is -2.33. The summed E-state index contributed by atoms with van der Waals surface area (Å²) in [6, 6.07) is 70.7. The second-order valence-electron chi connectivity index (χ2n) is 14.8. The molecule has 1 aliphatic carbocycles. The summed E-state index contributed by atoms with van der Waals surface area (Å²) in [6.45, 7) is 0. The summed E-state index contributed by atoms with van der Waals surface area (Å²) in [5, 5.41) is 5.09. The molecule has 0 saturated carbocycles. The number of aromatic nitrogens is 2. The predicted octanol–water partition coefficient (Wildman–Crippen LogP) is 14.6. The number of nitrogens with zero attached hydrogens (tertiary/aromatic N) is 2. The van der Waals surface area contributed by atoms with Crippen LogP contribution in [-0.2, 0) is 5.41 Å². The smallest absolute Gasteiger partial charge is 0.160 e. The molecule has 11 aromatic rings. The molecule has 3 heterocycles. The third-order valence-corrected chi connectivity index (χ3v) is 14.2. The van der Waals surface area contributed by atoms with Gasteiger partial charge in [-0.3, -0.25) is 0 Å². The second-order valence-corrected chi connectivity index (χ2v) is 16.9. The van der Waals surface area contributed by atoms with Crippen LogP contribution in [0.15, 0.2) is 194 Å². The summed E-state index contributed by atoms with van der Waals surface area (Å²) in [7, 11) is 0. The molecule has 0 spiro atoms. The van der Waals surface area contributed by atoms with Crippen molar-refractivity contribution in [3.8, 4) is 45.0 Å². The fraction of sp³-hybridized carbons (Fsp3) is 0.0189. The average molecular weight is 761 g/mol. The minimum absolute atomic E-state index is 0.502. The van der Waals surface area contributed by atoms with Gasteiger partial charge >= 0.3 is 0 Å². The van der Waals surface area contributed by atoms with E-state index < -0.39 is 5.41 Å². The Morgan fingerprint density at radius 1 is 0.368 bits per heavy atom. The summed E-state index contributed by atoms with van der Waals surface area (Å²) >= 11 is 3.66. The van der Waals surface area contributed by atoms with E-state index >= 15 is 0 Å². The number of benzene rings is 8. The Kier molecular flexibility index (Phi) is 7.22. The van der Waals surface area contributed by atoms with E-state index in [2.05, 4.69) is 194 Å². The van der Waals surface area contributed by atoms with E-state index in [0.717, 1.165) is 33.9 Å². The Bertz CT molecular complexity index is 3320. The number of rotatable bonds is 5. The van der Waals surface area contributed by atoms with Crippen LogP contribution >= 0.6 is 22.7 Å². The minimum Gasteiger partial charge on any atom is -0.228 e. The van der Waals surface area contributed by atoms with Crippen molar-refractivity contribution in [3.05, 3.63) is 216 Å². The van der Waals surface area contributed by atoms with Gasteiger partial charge in [0.25, 0.3) is 0 Å². The molecule has 0 atom stereocenters. The molecule has 0 fully saturated rings. The van der Waals surface area contributed by atoms with Gasteiger partial charge in [0.15, 0.2) is 5.82 Å². The van der Waals surface area contributed by atoms with Crippen LogP contribution in [0.2, 0.25) is 0 Å². The number of hydrogen-bond acceptors (Lipinski definition) is 4. The van der Waals surface area contributed by atoms with Crippen molar-refractivity contribution in [1.82, 2.24) is 9.97 Å². The van der Waals surface area contributed by atoms with Gasteiger partial charge < -0.3 is 0 Å². The van der Waals surface area contributed by atoms with E-state index in [1.54, 1.807) is 0 Å². The third-order valence-electron chi connectivity index (χ3n) is 11.8. The average Bonchev–Trinajstić information content (AvgIpc) is 3.95. The molecule has 0 radical (unpaired) electrons. The van der Waals surface area contributed by atoms with Gasteiger partial charge in [0.05, 0.1) is 16.8 Å². The van der Waals surface area contributed by atoms with Crippen LogP contribution in [0, 0.1) is 0 Å². The van der Waals surface area contributed by atoms with Crippen molar-refractivity contribution >= 4 is 63.0 Å². The van der Waals surface area contributed by atoms with Crippen molar-refractivity contribution in [1.29, 1.82) is 0 Å². The molecule has 0 unspecified atom stereocenters. The highest BCUT2D eigenvalue weighted by Crippen LogP contribution is 2.58. The van der Waals surface area contributed by atoms with Crippen molar-refractivity contribution in [3.63, 3.8) is 0 Å². The Labute approximate surface area is 338 Å². The Hall–Kier alpha value is -6.72. The zero-order valence-electron chi connectivity index (χ0n) is 30.7. The van der Waals surface area contributed by atoms with Gasteiger partial charge in [-0.05, 0) is 57.6 Å². The first-order chi connectivity index (χ1) is 28.3. The lowest BCUT2D eigenvalue weighted by molar-refractivity contribution is 0.768. The molecule has 0 N–H and O–H groups in total. The van der Waals surface area contributed by atoms with Crippen molar-refractivity contribution < 1.29 is 0 Å². The number of fused-ring (bicyclic) bond motifs is 9. The van der Waals surface area contributed by atoms with E-state index in [-0.39, 0.29) is 0 Å². The Balaban J connectivity index is 1.15. The standard InChI is InChI=1S/C53H32N2S2/c1-3-15-34(16-4-1)53(35-17-5-2-6-18-35)43-25-10-7-21-40(43)50-41(23-14-26-44(50)53)45-32-46(42-24-13-22-39-37-20-9-12-28-48(37)57-51(39)42)55-52(54-45)33-29-30-38-36-19-8-11-27-47(36)56-49(38)31-33/h1-32H. The van der Waals surface area contributed by atoms with Gasteiger partial charge in [-0.25, -0.2) is 9.97 Å². The molecule has 57 heavy (non-hydrogen) atoms. The first-order valence-electron chi connectivity index (χ1n) is 19.3. The summed E-state index contributed by atoms with van der Waals surface area (Å²) in [5.41, 5.74) is 12.1. The van der Waals surface area contributed by atoms with E-state index in [9.17, 15) is 0 Å². The largest absolute Gasteiger partial charge is 0.228 e. The van der Waals surface area contributed by atoms with Crippen LogP contribution in [0.1, 0.15) is 22.3 Å². The van der Waals surface area contributed by atoms with Gasteiger partial charge in [0.2, 0.25) is 0 Å². The Morgan fingerprint density at radius 2 is 0.912 bits per heavy atom. The van der Waals surface area contributed by atoms with E-state index in [0.29, 0.717) is 0 Å². The summed E-state index contributed by atoms with van der Waals surface area (Å²) in [6.07, 6.45) is 0. The highest BCUT2D eigenvalue weighted by molar-refractivity contribution is 7.26. The fourth-order valence-corrected chi connectivity index (χ4v) is 11.7. The van der Waals surface area contributed by atoms with Gasteiger partial charge in [0.1, 0.15) is 0 Å². The SMILES string of the molecule is c1ccc(C2(c3ccccc3)c3ccccc3-c3c(-c4cc(-c5cccc6c5sc5ccccc56)nc(-c5ccc6c(c5)sc5ccccc56)n4)cccc32)cc1. The Morgan fingerprint density at radius 3 is 1.68 bits per heavy atom. The zero-order chi connectivity index (χ0) is 37.5. The summed E-state index contributed by atoms with van der Waals surface area (Å²) < 4.78 is 5.04. The molecule has 2 nitrogen and oxygen atoms in total. The fourth-order valence-electron chi connectivity index (χ4n) is 9.37. The summed E-state index contributed by atoms with van der Waals surface area (Å²) in [4.78, 5) is 11.0. The lowest BCUT2D eigenvalue weighted by Crippen LogP contribution is -2.28. The molecule has 3 aromatic heterocycles. The maximum Gasteiger partial charge on any atom is 0.160 e. The van der Waals surface area contributed by atoms with E-state index in [1.165, 1.54) is 73.7 Å². The van der Waals surface area contributed by atoms with Gasteiger partial charge in [-0.1, -0.05) is 170 Å². The third kappa shape index (κ3) is 4.81. The molecule has 0 aliphatic heterocycles. The second kappa shape index (κ2) is 12.7. The van der Waals surface area contributed by atoms with Crippen LogP contribution in [0.4, 0.5) is 0 Å². The maximum atomic E-state index is 5.52. The maximum absolute atomic E-state index is 5.52. The highest BCUT2D eigenvalue weighted by Gasteiger charge is 2.46. The van der Waals surface area contributed by atoms with Crippen LogP contribution in [0.25, 0.3) is 85.4 Å². The molecular formula is C53H32N2S2. The van der Waals surface area contributed by atoms with E-state index in [4.69, 9.17) is 9.97 Å². The van der Waals surface area contributed by atoms with Crippen molar-refractivity contribution in [2.24, 2.45) is 0 Å². The van der Waals surface area contributed by atoms with Crippen LogP contribution in [0.5, 0.6) is 0 Å². The molecule has 4 heteroatoms. The van der Waals surface area contributed by atoms with Crippen molar-refractivity contribution in [2.45, 2.75) is 5.41 Å². The molecule has 0 bridgehead atoms. The van der Waals surface area contributed by atoms with Gasteiger partial charge in [0, 0.05) is 57.0 Å². The minimum atomic E-state index is -0.502. The van der Waals surface area contributed by atoms with Crippen molar-refractivity contribution in [2.75, 3.05) is 0 Å². The molecule has 12 rings (SSSR count). The number of hydrogen-bond donors (Lipinski definition) is 0. The first-order valence-corrected chi connectivity index (χ1v) is 21.0. The predicted molar refractivity (Wildman–Crippen MR) is 241 cm³/mol. The topological polar surface area (TPSA) is 25.8 Å². The van der Waals surface area contributed by atoms with Gasteiger partial charge in [-0.15, -0.1) is 22.7 Å². The molecule has 266 valence electrons. The van der Waals surface area contributed by atoms with Crippen LogP contribution in [0.3, 0.4) is 0 Å². The van der Waals surface area contributed by atoms with Crippen LogP contribution in [-0.4, -0.2) is 9.97 Å². The van der Waals surface area contributed by atoms with E-state index in [1.807, 2.05) is 22.7 Å². The quantitative estimate of drug-likeness (QED) is 0.175. The molecule has 0 amide bonds. The normalized spacial score (nSPS) is 13.1. The highest BCUT2D eigenvalue weighted by atomic mass is 32.1. The molecule has 0 saturated heterocycles. The van der Waals surface area contributed by atoms with Gasteiger partial charge in [-0.2, -0.15) is 0 Å². The zero-order valence-corrected chi connectivity index (χ0v) is 32.3. The van der Waals surface area contributed by atoms with Crippen LogP contribution < -0.4 is 0 Å². The lowest BCUT2D eigenvalue weighted by atomic mass is 9.67. The summed E-state index contributed by atoms with van der Waals surface area (Å²) in [5.74, 6) is 0.723. The monoisotopic (exact) mass is 760 g/mol. The molecular weight excluding hydrogens is 729 g/mol. The molecule has 1 aliphatic rings. The molecule has 8 aromatic carbocycles. The number of thiophene rings is 2.